The topological polar surface area (TPSA) is 142 Å². The van der Waals surface area contributed by atoms with Gasteiger partial charge in [-0.3, -0.25) is 28.9 Å². The minimum atomic E-state index is -1.44. The highest BCUT2D eigenvalue weighted by molar-refractivity contribution is 6.31. The monoisotopic (exact) mass is 624 g/mol. The van der Waals surface area contributed by atoms with E-state index in [1.165, 1.54) is 12.1 Å². The lowest BCUT2D eigenvalue weighted by molar-refractivity contribution is -0.142. The van der Waals surface area contributed by atoms with Crippen LogP contribution in [0, 0.1) is 34.9 Å². The summed E-state index contributed by atoms with van der Waals surface area (Å²) in [5.74, 6) is -8.09. The standard InChI is InChI=1S/C32H30ClFN2O8/c1-3-44-23-6-4-5-18(27(23)39)26-16-8-9-17-25(30(42)35(28(17)40)12-11-24(37)38)19(16)14-20-29(41)36(31(43)32(20,26)2)15-7-10-22(34)21(33)13-15/h4-8,10,13,17,19-20,25-26,39H,3,9,11-12,14H2,1-2H3,(H,37,38)/t17-,19+,20-,25-,26+,32+/m0/s1. The molecule has 0 unspecified atom stereocenters. The summed E-state index contributed by atoms with van der Waals surface area (Å²) in [6.07, 6.45) is 1.66. The highest BCUT2D eigenvalue weighted by Gasteiger charge is 2.68. The maximum atomic E-state index is 14.4. The molecule has 4 aliphatic rings. The van der Waals surface area contributed by atoms with E-state index in [0.717, 1.165) is 15.9 Å². The summed E-state index contributed by atoms with van der Waals surface area (Å²) >= 11 is 6.03. The Bertz CT molecular complexity index is 1660. The van der Waals surface area contributed by atoms with Crippen molar-refractivity contribution in [3.63, 3.8) is 0 Å². The van der Waals surface area contributed by atoms with Crippen molar-refractivity contribution < 1.29 is 43.3 Å². The zero-order chi connectivity index (χ0) is 31.7. The predicted octanol–water partition coefficient (Wildman–Crippen LogP) is 4.29. The van der Waals surface area contributed by atoms with Gasteiger partial charge in [-0.2, -0.15) is 0 Å². The van der Waals surface area contributed by atoms with E-state index in [2.05, 4.69) is 0 Å². The van der Waals surface area contributed by atoms with Gasteiger partial charge in [0.25, 0.3) is 0 Å². The van der Waals surface area contributed by atoms with Crippen molar-refractivity contribution in [3.8, 4) is 11.5 Å². The maximum Gasteiger partial charge on any atom is 0.305 e. The number of allylic oxidation sites excluding steroid dienone is 2. The largest absolute Gasteiger partial charge is 0.504 e. The highest BCUT2D eigenvalue weighted by atomic mass is 35.5. The third-order valence-electron chi connectivity index (χ3n) is 9.72. The van der Waals surface area contributed by atoms with Crippen molar-refractivity contribution in [1.82, 2.24) is 4.90 Å². The number of carbonyl (C=O) groups excluding carboxylic acids is 4. The Kier molecular flexibility index (Phi) is 7.27. The van der Waals surface area contributed by atoms with Crippen LogP contribution in [0.2, 0.25) is 5.02 Å². The number of carboxylic acid groups (broad SMARTS) is 1. The third kappa shape index (κ3) is 4.23. The van der Waals surface area contributed by atoms with Crippen LogP contribution in [0.1, 0.15) is 44.6 Å². The van der Waals surface area contributed by atoms with Gasteiger partial charge in [0.1, 0.15) is 5.82 Å². The normalized spacial score (nSPS) is 29.4. The van der Waals surface area contributed by atoms with Gasteiger partial charge in [-0.05, 0) is 56.9 Å². The summed E-state index contributed by atoms with van der Waals surface area (Å²) in [4.78, 5) is 68.9. The van der Waals surface area contributed by atoms with Crippen LogP contribution in [0.5, 0.6) is 11.5 Å². The van der Waals surface area contributed by atoms with E-state index in [-0.39, 0.29) is 48.2 Å². The molecule has 4 amide bonds. The average molecular weight is 625 g/mol. The molecule has 0 radical (unpaired) electrons. The van der Waals surface area contributed by atoms with Crippen LogP contribution in [0.15, 0.2) is 48.0 Å². The van der Waals surface area contributed by atoms with Crippen LogP contribution < -0.4 is 9.64 Å². The van der Waals surface area contributed by atoms with Crippen molar-refractivity contribution in [3.05, 3.63) is 64.5 Å². The molecule has 10 nitrogen and oxygen atoms in total. The molecule has 2 aromatic rings. The second-order valence-electron chi connectivity index (χ2n) is 11.9. The van der Waals surface area contributed by atoms with Gasteiger partial charge in [0.15, 0.2) is 11.5 Å². The van der Waals surface area contributed by atoms with Crippen LogP contribution >= 0.6 is 11.6 Å². The van der Waals surface area contributed by atoms with Crippen molar-refractivity contribution in [2.75, 3.05) is 18.1 Å². The molecular formula is C32H30ClFN2O8. The van der Waals surface area contributed by atoms with Crippen LogP contribution in [-0.2, 0) is 24.0 Å². The Morgan fingerprint density at radius 2 is 1.86 bits per heavy atom. The SMILES string of the molecule is CCOc1cccc([C@H]2C3=CC[C@@H]4C(=O)N(CCC(=O)O)C(=O)[C@@H]4[C@@H]3C[C@H]3C(=O)N(c4ccc(F)c(Cl)c4)C(=O)[C@@]23C)c1O. The van der Waals surface area contributed by atoms with Gasteiger partial charge in [0.2, 0.25) is 23.6 Å². The number of nitrogens with zero attached hydrogens (tertiary/aromatic N) is 2. The minimum Gasteiger partial charge on any atom is -0.504 e. The number of fused-ring (bicyclic) bond motifs is 4. The minimum absolute atomic E-state index is 0.0632. The van der Waals surface area contributed by atoms with E-state index < -0.39 is 76.8 Å². The van der Waals surface area contributed by atoms with Gasteiger partial charge in [0, 0.05) is 18.0 Å². The number of aliphatic carboxylic acids is 1. The molecule has 1 saturated carbocycles. The average Bonchev–Trinajstić information content (AvgIpc) is 3.34. The summed E-state index contributed by atoms with van der Waals surface area (Å²) in [5.41, 5.74) is -0.368. The fourth-order valence-corrected chi connectivity index (χ4v) is 7.94. The van der Waals surface area contributed by atoms with E-state index in [9.17, 15) is 38.6 Å². The molecule has 2 aliphatic carbocycles. The number of imide groups is 2. The number of carbonyl (C=O) groups is 5. The van der Waals surface area contributed by atoms with Gasteiger partial charge >= 0.3 is 5.97 Å². The summed E-state index contributed by atoms with van der Waals surface area (Å²) in [6, 6.07) is 8.47. The first-order valence-corrected chi connectivity index (χ1v) is 14.8. The molecule has 0 aromatic heterocycles. The molecular weight excluding hydrogens is 595 g/mol. The van der Waals surface area contributed by atoms with Gasteiger partial charge in [-0.1, -0.05) is 35.4 Å². The molecule has 44 heavy (non-hydrogen) atoms. The lowest BCUT2D eigenvalue weighted by Gasteiger charge is -2.49. The lowest BCUT2D eigenvalue weighted by atomic mass is 9.51. The first-order valence-electron chi connectivity index (χ1n) is 14.5. The molecule has 3 fully saturated rings. The van der Waals surface area contributed by atoms with Gasteiger partial charge in [-0.15, -0.1) is 0 Å². The number of halogens is 2. The number of hydrogen-bond acceptors (Lipinski definition) is 7. The molecule has 2 aliphatic heterocycles. The van der Waals surface area contributed by atoms with Crippen molar-refractivity contribution in [1.29, 1.82) is 0 Å². The molecule has 6 atom stereocenters. The number of likely N-dealkylation sites (tertiary alicyclic amines) is 1. The van der Waals surface area contributed by atoms with E-state index in [4.69, 9.17) is 16.3 Å². The van der Waals surface area contributed by atoms with Crippen molar-refractivity contribution in [2.45, 2.75) is 39.0 Å². The fraction of sp³-hybridized carbons (Fsp3) is 0.406. The van der Waals surface area contributed by atoms with Crippen molar-refractivity contribution in [2.24, 2.45) is 29.1 Å². The van der Waals surface area contributed by atoms with Gasteiger partial charge in [-0.25, -0.2) is 9.29 Å². The van der Waals surface area contributed by atoms with Crippen molar-refractivity contribution >= 4 is 46.9 Å². The first kappa shape index (κ1) is 29.8. The Labute approximate surface area is 257 Å². The molecule has 0 spiro atoms. The number of phenols is 1. The Morgan fingerprint density at radius 3 is 2.55 bits per heavy atom. The van der Waals surface area contributed by atoms with E-state index in [1.807, 2.05) is 6.08 Å². The fourth-order valence-electron chi connectivity index (χ4n) is 7.77. The second kappa shape index (κ2) is 10.7. The number of amides is 4. The molecule has 2 N–H and O–H groups in total. The number of phenolic OH excluding ortho intramolecular Hbond substituents is 1. The zero-order valence-electron chi connectivity index (χ0n) is 24.0. The first-order chi connectivity index (χ1) is 20.9. The van der Waals surface area contributed by atoms with Crippen LogP contribution in [-0.4, -0.2) is 57.9 Å². The van der Waals surface area contributed by atoms with Crippen LogP contribution in [0.3, 0.4) is 0 Å². The molecule has 12 heteroatoms. The Morgan fingerprint density at radius 1 is 1.11 bits per heavy atom. The molecule has 6 rings (SSSR count). The van der Waals surface area contributed by atoms with E-state index in [1.54, 1.807) is 32.0 Å². The number of para-hydroxylation sites is 1. The molecule has 0 bridgehead atoms. The maximum absolute atomic E-state index is 14.4. The van der Waals surface area contributed by atoms with Gasteiger partial charge in [0.05, 0.1) is 46.9 Å². The number of carboxylic acids is 1. The van der Waals surface area contributed by atoms with E-state index >= 15 is 0 Å². The molecule has 2 heterocycles. The number of hydrogen-bond donors (Lipinski definition) is 2. The second-order valence-corrected chi connectivity index (χ2v) is 12.3. The zero-order valence-corrected chi connectivity index (χ0v) is 24.7. The van der Waals surface area contributed by atoms with Crippen LogP contribution in [0.4, 0.5) is 10.1 Å². The molecule has 2 aromatic carbocycles. The third-order valence-corrected chi connectivity index (χ3v) is 10.0. The highest BCUT2D eigenvalue weighted by Crippen LogP contribution is 2.64. The van der Waals surface area contributed by atoms with E-state index in [0.29, 0.717) is 11.1 Å². The number of aromatic hydroxyl groups is 1. The number of benzene rings is 2. The predicted molar refractivity (Wildman–Crippen MR) is 154 cm³/mol. The lowest BCUT2D eigenvalue weighted by Crippen LogP contribution is -2.49. The number of anilines is 1. The number of rotatable bonds is 7. The number of ether oxygens (including phenoxy) is 1. The molecule has 230 valence electrons. The van der Waals surface area contributed by atoms with Gasteiger partial charge < -0.3 is 14.9 Å². The summed E-state index contributed by atoms with van der Waals surface area (Å²) in [7, 11) is 0. The summed E-state index contributed by atoms with van der Waals surface area (Å²) in [5, 5.41) is 20.4. The quantitative estimate of drug-likeness (QED) is 0.343. The smallest absolute Gasteiger partial charge is 0.305 e. The Hall–Kier alpha value is -4.25. The summed E-state index contributed by atoms with van der Waals surface area (Å²) in [6.45, 7) is 3.41. The Balaban J connectivity index is 1.50. The molecule has 2 saturated heterocycles. The van der Waals surface area contributed by atoms with Crippen LogP contribution in [0.25, 0.3) is 0 Å². The summed E-state index contributed by atoms with van der Waals surface area (Å²) < 4.78 is 19.7.